The molecule has 0 aliphatic rings. The lowest BCUT2D eigenvalue weighted by Gasteiger charge is -2.14. The topological polar surface area (TPSA) is 63.8 Å². The van der Waals surface area contributed by atoms with E-state index in [0.29, 0.717) is 5.69 Å². The maximum absolute atomic E-state index is 6.13. The minimum atomic E-state index is 0.142. The Morgan fingerprint density at radius 3 is 2.94 bits per heavy atom. The third kappa shape index (κ3) is 1.93. The summed E-state index contributed by atoms with van der Waals surface area (Å²) in [7, 11) is 0. The first-order chi connectivity index (χ1) is 8.75. The summed E-state index contributed by atoms with van der Waals surface area (Å²) in [4.78, 5) is 8.59. The summed E-state index contributed by atoms with van der Waals surface area (Å²) >= 11 is 3.23. The number of thiazole rings is 2. The van der Waals surface area contributed by atoms with E-state index >= 15 is 0 Å². The number of nitrogens with two attached hydrogens (primary N) is 1. The van der Waals surface area contributed by atoms with Gasteiger partial charge in [0.15, 0.2) is 0 Å². The van der Waals surface area contributed by atoms with Gasteiger partial charge < -0.3 is 11.1 Å². The van der Waals surface area contributed by atoms with Gasteiger partial charge in [-0.2, -0.15) is 0 Å². The molecule has 0 amide bonds. The average molecular weight is 276 g/mol. The molecule has 3 rings (SSSR count). The van der Waals surface area contributed by atoms with Gasteiger partial charge in [0.05, 0.1) is 27.6 Å². The number of fused-ring (bicyclic) bond motifs is 1. The fourth-order valence-corrected chi connectivity index (χ4v) is 3.16. The van der Waals surface area contributed by atoms with Gasteiger partial charge in [-0.3, -0.25) is 0 Å². The third-order valence-corrected chi connectivity index (χ3v) is 4.49. The summed E-state index contributed by atoms with van der Waals surface area (Å²) in [5.74, 6) is 0. The molecule has 4 nitrogen and oxygen atoms in total. The molecule has 2 aromatic heterocycles. The monoisotopic (exact) mass is 276 g/mol. The van der Waals surface area contributed by atoms with Crippen LogP contribution in [0.3, 0.4) is 0 Å². The molecule has 1 unspecified atom stereocenters. The molecule has 92 valence electrons. The van der Waals surface area contributed by atoms with Gasteiger partial charge in [-0.1, -0.05) is 0 Å². The standard InChI is InChI=1S/C12H12N4S2/c1-7(12-14-4-5-17-12)16-8-2-3-9-11(10(8)13)15-6-18-9/h2-7,16H,13H2,1H3. The van der Waals surface area contributed by atoms with Crippen LogP contribution < -0.4 is 11.1 Å². The zero-order valence-corrected chi connectivity index (χ0v) is 11.4. The molecule has 18 heavy (non-hydrogen) atoms. The highest BCUT2D eigenvalue weighted by molar-refractivity contribution is 7.16. The lowest BCUT2D eigenvalue weighted by Crippen LogP contribution is -2.08. The Morgan fingerprint density at radius 2 is 2.17 bits per heavy atom. The third-order valence-electron chi connectivity index (χ3n) is 2.74. The zero-order chi connectivity index (χ0) is 12.5. The fourth-order valence-electron chi connectivity index (χ4n) is 1.82. The molecule has 0 bridgehead atoms. The van der Waals surface area contributed by atoms with Crippen molar-refractivity contribution in [3.63, 3.8) is 0 Å². The molecule has 6 heteroatoms. The predicted molar refractivity (Wildman–Crippen MR) is 78.2 cm³/mol. The molecule has 3 N–H and O–H groups in total. The van der Waals surface area contributed by atoms with E-state index in [4.69, 9.17) is 5.73 Å². The van der Waals surface area contributed by atoms with Crippen molar-refractivity contribution >= 4 is 44.3 Å². The van der Waals surface area contributed by atoms with E-state index in [0.717, 1.165) is 20.9 Å². The van der Waals surface area contributed by atoms with E-state index in [-0.39, 0.29) is 6.04 Å². The van der Waals surface area contributed by atoms with Gasteiger partial charge in [-0.15, -0.1) is 22.7 Å². The van der Waals surface area contributed by atoms with Crippen molar-refractivity contribution in [2.45, 2.75) is 13.0 Å². The quantitative estimate of drug-likeness (QED) is 0.719. The molecule has 0 saturated carbocycles. The lowest BCUT2D eigenvalue weighted by atomic mass is 10.2. The summed E-state index contributed by atoms with van der Waals surface area (Å²) in [5.41, 5.74) is 10.4. The number of rotatable bonds is 3. The Labute approximate surface area is 113 Å². The van der Waals surface area contributed by atoms with Crippen LogP contribution >= 0.6 is 22.7 Å². The zero-order valence-electron chi connectivity index (χ0n) is 9.75. The van der Waals surface area contributed by atoms with Crippen molar-refractivity contribution in [3.05, 3.63) is 34.2 Å². The summed E-state index contributed by atoms with van der Waals surface area (Å²) in [5, 5.41) is 6.40. The maximum Gasteiger partial charge on any atom is 0.115 e. The number of anilines is 2. The van der Waals surface area contributed by atoms with Crippen LogP contribution in [-0.2, 0) is 0 Å². The lowest BCUT2D eigenvalue weighted by molar-refractivity contribution is 0.871. The SMILES string of the molecule is CC(Nc1ccc2scnc2c1N)c1nccs1. The Kier molecular flexibility index (Phi) is 2.89. The number of nitrogen functional groups attached to an aromatic ring is 1. The van der Waals surface area contributed by atoms with Crippen LogP contribution in [-0.4, -0.2) is 9.97 Å². The second-order valence-electron chi connectivity index (χ2n) is 3.96. The first kappa shape index (κ1) is 11.4. The normalized spacial score (nSPS) is 12.7. The van der Waals surface area contributed by atoms with Crippen LogP contribution in [0.5, 0.6) is 0 Å². The highest BCUT2D eigenvalue weighted by Crippen LogP contribution is 2.32. The van der Waals surface area contributed by atoms with E-state index < -0.39 is 0 Å². The van der Waals surface area contributed by atoms with Gasteiger partial charge in [0.25, 0.3) is 0 Å². The second kappa shape index (κ2) is 4.55. The minimum absolute atomic E-state index is 0.142. The van der Waals surface area contributed by atoms with E-state index in [1.807, 2.05) is 29.2 Å². The van der Waals surface area contributed by atoms with Gasteiger partial charge in [-0.25, -0.2) is 9.97 Å². The first-order valence-corrected chi connectivity index (χ1v) is 7.29. The van der Waals surface area contributed by atoms with Crippen molar-refractivity contribution in [3.8, 4) is 0 Å². The van der Waals surface area contributed by atoms with E-state index in [9.17, 15) is 0 Å². The summed E-state index contributed by atoms with van der Waals surface area (Å²) < 4.78 is 1.11. The molecule has 0 saturated heterocycles. The van der Waals surface area contributed by atoms with Gasteiger partial charge in [0.2, 0.25) is 0 Å². The molecule has 1 atom stereocenters. The minimum Gasteiger partial charge on any atom is -0.395 e. The van der Waals surface area contributed by atoms with Crippen LogP contribution in [0.1, 0.15) is 18.0 Å². The average Bonchev–Trinajstić information content (AvgIpc) is 3.02. The fraction of sp³-hybridized carbons (Fsp3) is 0.167. The molecular formula is C12H12N4S2. The Bertz CT molecular complexity index is 660. The Balaban J connectivity index is 1.93. The Hall–Kier alpha value is -1.66. The van der Waals surface area contributed by atoms with Crippen molar-refractivity contribution < 1.29 is 0 Å². The number of nitrogens with one attached hydrogen (secondary N) is 1. The van der Waals surface area contributed by atoms with Gasteiger partial charge in [0.1, 0.15) is 10.5 Å². The largest absolute Gasteiger partial charge is 0.395 e. The molecule has 0 radical (unpaired) electrons. The molecule has 1 aromatic carbocycles. The molecule has 2 heterocycles. The van der Waals surface area contributed by atoms with Crippen molar-refractivity contribution in [2.75, 3.05) is 11.1 Å². The number of hydrogen-bond acceptors (Lipinski definition) is 6. The first-order valence-electron chi connectivity index (χ1n) is 5.53. The molecule has 0 aliphatic heterocycles. The number of hydrogen-bond donors (Lipinski definition) is 2. The highest BCUT2D eigenvalue weighted by atomic mass is 32.1. The van der Waals surface area contributed by atoms with Gasteiger partial charge in [-0.05, 0) is 19.1 Å². The van der Waals surface area contributed by atoms with Crippen LogP contribution in [0.2, 0.25) is 0 Å². The van der Waals surface area contributed by atoms with Crippen LogP contribution in [0.25, 0.3) is 10.2 Å². The van der Waals surface area contributed by atoms with E-state index in [1.165, 1.54) is 0 Å². The smallest absolute Gasteiger partial charge is 0.115 e. The summed E-state index contributed by atoms with van der Waals surface area (Å²) in [6.45, 7) is 2.07. The number of nitrogens with zero attached hydrogens (tertiary/aromatic N) is 2. The highest BCUT2D eigenvalue weighted by Gasteiger charge is 2.12. The summed E-state index contributed by atoms with van der Waals surface area (Å²) in [6.07, 6.45) is 1.81. The number of aromatic nitrogens is 2. The van der Waals surface area contributed by atoms with E-state index in [2.05, 4.69) is 22.2 Å². The van der Waals surface area contributed by atoms with Crippen LogP contribution in [0.15, 0.2) is 29.2 Å². The molecule has 3 aromatic rings. The second-order valence-corrected chi connectivity index (χ2v) is 5.77. The van der Waals surface area contributed by atoms with Gasteiger partial charge in [0, 0.05) is 11.6 Å². The van der Waals surface area contributed by atoms with Gasteiger partial charge >= 0.3 is 0 Å². The summed E-state index contributed by atoms with van der Waals surface area (Å²) in [6, 6.07) is 4.18. The van der Waals surface area contributed by atoms with Crippen LogP contribution in [0, 0.1) is 0 Å². The molecule has 0 spiro atoms. The van der Waals surface area contributed by atoms with Crippen molar-refractivity contribution in [1.29, 1.82) is 0 Å². The van der Waals surface area contributed by atoms with Crippen LogP contribution in [0.4, 0.5) is 11.4 Å². The predicted octanol–water partition coefficient (Wildman–Crippen LogP) is 3.51. The van der Waals surface area contributed by atoms with E-state index in [1.54, 1.807) is 22.7 Å². The Morgan fingerprint density at radius 1 is 1.28 bits per heavy atom. The maximum atomic E-state index is 6.13. The van der Waals surface area contributed by atoms with Crippen molar-refractivity contribution in [2.24, 2.45) is 0 Å². The molecule has 0 fully saturated rings. The molecule has 0 aliphatic carbocycles. The van der Waals surface area contributed by atoms with Crippen molar-refractivity contribution in [1.82, 2.24) is 9.97 Å². The number of benzene rings is 1. The molecular weight excluding hydrogens is 264 g/mol.